The molecule has 18 heavy (non-hydrogen) atoms. The largest absolute Gasteiger partial charge is 0.465 e. The monoisotopic (exact) mass is 258 g/mol. The van der Waals surface area contributed by atoms with Gasteiger partial charge in [-0.25, -0.2) is 0 Å². The zero-order valence-corrected chi connectivity index (χ0v) is 11.2. The summed E-state index contributed by atoms with van der Waals surface area (Å²) in [5.41, 5.74) is 0. The van der Waals surface area contributed by atoms with Crippen molar-refractivity contribution >= 4 is 5.91 Å². The van der Waals surface area contributed by atoms with Crippen molar-refractivity contribution in [3.05, 3.63) is 12.5 Å². The summed E-state index contributed by atoms with van der Waals surface area (Å²) in [5.74, 6) is 0.326. The molecule has 1 aliphatic rings. The van der Waals surface area contributed by atoms with Crippen molar-refractivity contribution in [1.29, 1.82) is 0 Å². The van der Waals surface area contributed by atoms with E-state index >= 15 is 0 Å². The molecule has 1 fully saturated rings. The Morgan fingerprint density at radius 3 is 2.39 bits per heavy atom. The summed E-state index contributed by atoms with van der Waals surface area (Å²) in [6, 6.07) is 0. The summed E-state index contributed by atoms with van der Waals surface area (Å²) in [4.78, 5) is 18.9. The predicted octanol–water partition coefficient (Wildman–Crippen LogP) is 0.606. The molecule has 1 heterocycles. The third kappa shape index (κ3) is 4.93. The van der Waals surface area contributed by atoms with Crippen LogP contribution in [0.4, 0.5) is 0 Å². The molecule has 0 unspecified atom stereocenters. The van der Waals surface area contributed by atoms with Gasteiger partial charge in [0.1, 0.15) is 6.61 Å². The van der Waals surface area contributed by atoms with Gasteiger partial charge in [0.25, 0.3) is 5.95 Å². The number of hydroxylamine groups is 2. The molecule has 0 radical (unpaired) electrons. The molecular weight excluding hydrogens is 236 g/mol. The molecule has 0 saturated carbocycles. The molecular formula is C12H22N2O4. The standard InChI is InChI=1S/C12H22N2O4/c1-4-16-10-12(15)13-6-8-14(9-7-13)18-11(3)17-5-2/h3-10H2,1-2H3. The summed E-state index contributed by atoms with van der Waals surface area (Å²) in [6.07, 6.45) is 0. The van der Waals surface area contributed by atoms with Crippen LogP contribution in [0.3, 0.4) is 0 Å². The lowest BCUT2D eigenvalue weighted by Gasteiger charge is -2.33. The number of amides is 1. The minimum Gasteiger partial charge on any atom is -0.465 e. The Hall–Kier alpha value is -1.27. The molecule has 0 bridgehead atoms. The lowest BCUT2D eigenvalue weighted by atomic mass is 10.3. The summed E-state index contributed by atoms with van der Waals surface area (Å²) in [5, 5.41) is 1.75. The second-order valence-electron chi connectivity index (χ2n) is 3.84. The van der Waals surface area contributed by atoms with E-state index in [-0.39, 0.29) is 12.5 Å². The molecule has 0 aromatic carbocycles. The quantitative estimate of drug-likeness (QED) is 0.626. The summed E-state index contributed by atoms with van der Waals surface area (Å²) < 4.78 is 10.2. The van der Waals surface area contributed by atoms with Crippen LogP contribution in [0.2, 0.25) is 0 Å². The van der Waals surface area contributed by atoms with E-state index in [1.54, 1.807) is 9.96 Å². The first-order chi connectivity index (χ1) is 8.67. The lowest BCUT2D eigenvalue weighted by molar-refractivity contribution is -0.185. The van der Waals surface area contributed by atoms with E-state index in [1.165, 1.54) is 0 Å². The second-order valence-corrected chi connectivity index (χ2v) is 3.84. The number of ether oxygens (including phenoxy) is 2. The highest BCUT2D eigenvalue weighted by Gasteiger charge is 2.22. The van der Waals surface area contributed by atoms with Crippen molar-refractivity contribution in [3.8, 4) is 0 Å². The van der Waals surface area contributed by atoms with Crippen LogP contribution in [0.25, 0.3) is 0 Å². The highest BCUT2D eigenvalue weighted by Crippen LogP contribution is 2.07. The number of nitrogens with zero attached hydrogens (tertiary/aromatic N) is 2. The predicted molar refractivity (Wildman–Crippen MR) is 66.5 cm³/mol. The minimum absolute atomic E-state index is 0.0279. The van der Waals surface area contributed by atoms with Gasteiger partial charge in [0, 0.05) is 19.7 Å². The third-order valence-corrected chi connectivity index (χ3v) is 2.56. The fraction of sp³-hybridized carbons (Fsp3) is 0.750. The van der Waals surface area contributed by atoms with E-state index in [9.17, 15) is 4.79 Å². The molecule has 1 saturated heterocycles. The number of rotatable bonds is 7. The minimum atomic E-state index is 0.0279. The van der Waals surface area contributed by atoms with Crippen molar-refractivity contribution in [2.45, 2.75) is 13.8 Å². The third-order valence-electron chi connectivity index (χ3n) is 2.56. The van der Waals surface area contributed by atoms with E-state index in [4.69, 9.17) is 14.3 Å². The van der Waals surface area contributed by atoms with Crippen LogP contribution >= 0.6 is 0 Å². The Labute approximate surface area is 108 Å². The fourth-order valence-corrected chi connectivity index (χ4v) is 1.64. The average Bonchev–Trinajstić information content (AvgIpc) is 2.37. The van der Waals surface area contributed by atoms with Gasteiger partial charge in [0.2, 0.25) is 5.91 Å². The smallest absolute Gasteiger partial charge is 0.292 e. The van der Waals surface area contributed by atoms with Gasteiger partial charge in [0.05, 0.1) is 19.7 Å². The lowest BCUT2D eigenvalue weighted by Crippen LogP contribution is -2.49. The first kappa shape index (κ1) is 14.8. The Morgan fingerprint density at radius 1 is 1.17 bits per heavy atom. The van der Waals surface area contributed by atoms with E-state index < -0.39 is 0 Å². The molecule has 1 aliphatic heterocycles. The van der Waals surface area contributed by atoms with E-state index in [0.29, 0.717) is 45.3 Å². The first-order valence-electron chi connectivity index (χ1n) is 6.27. The highest BCUT2D eigenvalue weighted by atomic mass is 16.8. The molecule has 0 aromatic rings. The van der Waals surface area contributed by atoms with E-state index in [2.05, 4.69) is 6.58 Å². The number of hydrogen-bond donors (Lipinski definition) is 0. The fourth-order valence-electron chi connectivity index (χ4n) is 1.64. The van der Waals surface area contributed by atoms with Crippen LogP contribution in [0.15, 0.2) is 12.5 Å². The van der Waals surface area contributed by atoms with Crippen molar-refractivity contribution in [3.63, 3.8) is 0 Å². The van der Waals surface area contributed by atoms with Crippen LogP contribution in [-0.2, 0) is 19.1 Å². The second kappa shape index (κ2) is 7.94. The zero-order valence-electron chi connectivity index (χ0n) is 11.2. The van der Waals surface area contributed by atoms with Crippen LogP contribution in [-0.4, -0.2) is 61.9 Å². The van der Waals surface area contributed by atoms with Gasteiger partial charge in [-0.15, -0.1) is 5.06 Å². The van der Waals surface area contributed by atoms with Gasteiger partial charge in [-0.3, -0.25) is 4.79 Å². The summed E-state index contributed by atoms with van der Waals surface area (Å²) in [7, 11) is 0. The maximum absolute atomic E-state index is 11.7. The van der Waals surface area contributed by atoms with Crippen LogP contribution in [0, 0.1) is 0 Å². The number of piperazine rings is 1. The normalized spacial score (nSPS) is 16.4. The molecule has 1 rings (SSSR count). The van der Waals surface area contributed by atoms with Crippen molar-refractivity contribution in [2.75, 3.05) is 46.0 Å². The average molecular weight is 258 g/mol. The van der Waals surface area contributed by atoms with Gasteiger partial charge in [-0.1, -0.05) is 0 Å². The topological polar surface area (TPSA) is 51.2 Å². The number of hydrogen-bond acceptors (Lipinski definition) is 5. The molecule has 0 atom stereocenters. The molecule has 6 nitrogen and oxygen atoms in total. The van der Waals surface area contributed by atoms with E-state index in [0.717, 1.165) is 0 Å². The Bertz CT molecular complexity index is 275. The van der Waals surface area contributed by atoms with Crippen LogP contribution in [0.5, 0.6) is 0 Å². The van der Waals surface area contributed by atoms with Gasteiger partial charge in [-0.05, 0) is 20.4 Å². The van der Waals surface area contributed by atoms with Crippen LogP contribution in [0.1, 0.15) is 13.8 Å². The van der Waals surface area contributed by atoms with Crippen molar-refractivity contribution < 1.29 is 19.1 Å². The van der Waals surface area contributed by atoms with Gasteiger partial charge < -0.3 is 19.2 Å². The first-order valence-corrected chi connectivity index (χ1v) is 6.27. The highest BCUT2D eigenvalue weighted by molar-refractivity contribution is 5.77. The SMILES string of the molecule is C=C(OCC)ON1CCN(C(=O)COCC)CC1. The molecule has 0 aliphatic carbocycles. The molecule has 0 aromatic heterocycles. The summed E-state index contributed by atoms with van der Waals surface area (Å²) in [6.45, 7) is 11.2. The maximum atomic E-state index is 11.7. The Morgan fingerprint density at radius 2 is 1.83 bits per heavy atom. The maximum Gasteiger partial charge on any atom is 0.292 e. The zero-order chi connectivity index (χ0) is 13.4. The summed E-state index contributed by atoms with van der Waals surface area (Å²) >= 11 is 0. The Balaban J connectivity index is 2.23. The van der Waals surface area contributed by atoms with Gasteiger partial charge in [0.15, 0.2) is 0 Å². The Kier molecular flexibility index (Phi) is 6.53. The van der Waals surface area contributed by atoms with E-state index in [1.807, 2.05) is 13.8 Å². The number of carbonyl (C=O) groups excluding carboxylic acids is 1. The van der Waals surface area contributed by atoms with Crippen molar-refractivity contribution in [2.24, 2.45) is 0 Å². The molecule has 104 valence electrons. The molecule has 0 N–H and O–H groups in total. The van der Waals surface area contributed by atoms with Crippen LogP contribution < -0.4 is 0 Å². The number of carbonyl (C=O) groups is 1. The molecule has 0 spiro atoms. The van der Waals surface area contributed by atoms with Gasteiger partial charge >= 0.3 is 0 Å². The van der Waals surface area contributed by atoms with Crippen molar-refractivity contribution in [1.82, 2.24) is 9.96 Å². The molecule has 1 amide bonds. The molecule has 6 heteroatoms. The van der Waals surface area contributed by atoms with Gasteiger partial charge in [-0.2, -0.15) is 0 Å².